The van der Waals surface area contributed by atoms with Crippen LogP contribution in [-0.4, -0.2) is 24.1 Å². The SMILES string of the molecule is CCSC1CCN(c2ccccc2)CC1.Cl. The standard InChI is InChI=1S/C13H19NS.ClH/c1-2-15-13-8-10-14(11-9-13)12-6-4-3-5-7-12;/h3-7,13H,2,8-11H2,1H3;1H. The van der Waals surface area contributed by atoms with Crippen molar-refractivity contribution >= 4 is 29.9 Å². The molecule has 0 aliphatic carbocycles. The van der Waals surface area contributed by atoms with Gasteiger partial charge in [0, 0.05) is 24.0 Å². The first kappa shape index (κ1) is 13.7. The summed E-state index contributed by atoms with van der Waals surface area (Å²) in [4.78, 5) is 2.51. The molecule has 1 aromatic carbocycles. The van der Waals surface area contributed by atoms with E-state index < -0.39 is 0 Å². The zero-order chi connectivity index (χ0) is 10.5. The molecule has 90 valence electrons. The molecule has 16 heavy (non-hydrogen) atoms. The van der Waals surface area contributed by atoms with Crippen LogP contribution < -0.4 is 4.90 Å². The fourth-order valence-corrected chi connectivity index (χ4v) is 3.17. The number of para-hydroxylation sites is 1. The molecule has 0 amide bonds. The lowest BCUT2D eigenvalue weighted by atomic mass is 10.1. The zero-order valence-electron chi connectivity index (χ0n) is 9.76. The maximum atomic E-state index is 2.51. The lowest BCUT2D eigenvalue weighted by molar-refractivity contribution is 0.591. The molecule has 0 unspecified atom stereocenters. The highest BCUT2D eigenvalue weighted by atomic mass is 35.5. The average Bonchev–Trinajstić information content (AvgIpc) is 2.32. The lowest BCUT2D eigenvalue weighted by Crippen LogP contribution is -2.34. The van der Waals surface area contributed by atoms with Crippen LogP contribution in [-0.2, 0) is 0 Å². The third-order valence-corrected chi connectivity index (χ3v) is 4.24. The Morgan fingerprint density at radius 2 is 1.81 bits per heavy atom. The largest absolute Gasteiger partial charge is 0.371 e. The number of anilines is 1. The molecular weight excluding hydrogens is 238 g/mol. The van der Waals surface area contributed by atoms with Crippen LogP contribution in [0.4, 0.5) is 5.69 Å². The Morgan fingerprint density at radius 3 is 2.38 bits per heavy atom. The van der Waals surface area contributed by atoms with E-state index >= 15 is 0 Å². The second kappa shape index (κ2) is 7.08. The molecule has 0 aromatic heterocycles. The van der Waals surface area contributed by atoms with Gasteiger partial charge in [0.15, 0.2) is 0 Å². The van der Waals surface area contributed by atoms with Crippen molar-refractivity contribution in [2.24, 2.45) is 0 Å². The van der Waals surface area contributed by atoms with Crippen LogP contribution in [0.1, 0.15) is 19.8 Å². The smallest absolute Gasteiger partial charge is 0.0366 e. The van der Waals surface area contributed by atoms with Gasteiger partial charge in [0.25, 0.3) is 0 Å². The van der Waals surface area contributed by atoms with E-state index in [4.69, 9.17) is 0 Å². The van der Waals surface area contributed by atoms with Gasteiger partial charge < -0.3 is 4.90 Å². The first-order valence-electron chi connectivity index (χ1n) is 5.81. The van der Waals surface area contributed by atoms with E-state index in [1.165, 1.54) is 37.4 Å². The van der Waals surface area contributed by atoms with Crippen LogP contribution in [0.2, 0.25) is 0 Å². The molecule has 0 atom stereocenters. The van der Waals surface area contributed by atoms with E-state index in [2.05, 4.69) is 53.9 Å². The summed E-state index contributed by atoms with van der Waals surface area (Å²) in [7, 11) is 0. The Balaban J connectivity index is 0.00000128. The maximum Gasteiger partial charge on any atom is 0.0366 e. The number of hydrogen-bond acceptors (Lipinski definition) is 2. The molecule has 0 bridgehead atoms. The van der Waals surface area contributed by atoms with E-state index in [0.717, 1.165) is 5.25 Å². The Morgan fingerprint density at radius 1 is 1.19 bits per heavy atom. The van der Waals surface area contributed by atoms with Crippen LogP contribution in [0.25, 0.3) is 0 Å². The van der Waals surface area contributed by atoms with E-state index in [0.29, 0.717) is 0 Å². The van der Waals surface area contributed by atoms with Crippen LogP contribution in [0.15, 0.2) is 30.3 Å². The molecule has 2 rings (SSSR count). The van der Waals surface area contributed by atoms with Crippen molar-refractivity contribution in [3.63, 3.8) is 0 Å². The third kappa shape index (κ3) is 3.60. The van der Waals surface area contributed by atoms with Crippen LogP contribution in [0.5, 0.6) is 0 Å². The Kier molecular flexibility index (Phi) is 6.07. The number of thioether (sulfide) groups is 1. The average molecular weight is 258 g/mol. The van der Waals surface area contributed by atoms with Crippen molar-refractivity contribution in [2.75, 3.05) is 23.7 Å². The summed E-state index contributed by atoms with van der Waals surface area (Å²) in [6.07, 6.45) is 2.68. The monoisotopic (exact) mass is 257 g/mol. The topological polar surface area (TPSA) is 3.24 Å². The fraction of sp³-hybridized carbons (Fsp3) is 0.538. The summed E-state index contributed by atoms with van der Waals surface area (Å²) >= 11 is 2.12. The van der Waals surface area contributed by atoms with Crippen molar-refractivity contribution in [3.8, 4) is 0 Å². The Bertz CT molecular complexity index is 283. The van der Waals surface area contributed by atoms with Crippen molar-refractivity contribution in [3.05, 3.63) is 30.3 Å². The van der Waals surface area contributed by atoms with Crippen molar-refractivity contribution in [1.29, 1.82) is 0 Å². The number of rotatable bonds is 3. The van der Waals surface area contributed by atoms with Gasteiger partial charge in [-0.3, -0.25) is 0 Å². The molecule has 0 N–H and O–H groups in total. The lowest BCUT2D eigenvalue weighted by Gasteiger charge is -2.33. The highest BCUT2D eigenvalue weighted by molar-refractivity contribution is 7.99. The second-order valence-electron chi connectivity index (χ2n) is 3.98. The highest BCUT2D eigenvalue weighted by Gasteiger charge is 2.18. The van der Waals surface area contributed by atoms with Crippen molar-refractivity contribution in [2.45, 2.75) is 25.0 Å². The number of halogens is 1. The van der Waals surface area contributed by atoms with E-state index in [1.54, 1.807) is 0 Å². The highest BCUT2D eigenvalue weighted by Crippen LogP contribution is 2.26. The Hall–Kier alpha value is -0.340. The quantitative estimate of drug-likeness (QED) is 0.810. The van der Waals surface area contributed by atoms with Crippen LogP contribution in [0, 0.1) is 0 Å². The molecule has 1 aliphatic rings. The number of piperidine rings is 1. The molecule has 1 heterocycles. The second-order valence-corrected chi connectivity index (χ2v) is 5.55. The van der Waals surface area contributed by atoms with E-state index in [1.807, 2.05) is 0 Å². The molecule has 1 fully saturated rings. The van der Waals surface area contributed by atoms with Gasteiger partial charge in [0.2, 0.25) is 0 Å². The Labute approximate surface area is 109 Å². The van der Waals surface area contributed by atoms with Gasteiger partial charge in [0.1, 0.15) is 0 Å². The zero-order valence-corrected chi connectivity index (χ0v) is 11.4. The van der Waals surface area contributed by atoms with Gasteiger partial charge in [-0.15, -0.1) is 12.4 Å². The van der Waals surface area contributed by atoms with Gasteiger partial charge in [-0.25, -0.2) is 0 Å². The van der Waals surface area contributed by atoms with Gasteiger partial charge in [-0.05, 0) is 30.7 Å². The number of nitrogens with zero attached hydrogens (tertiary/aromatic N) is 1. The molecule has 1 aromatic rings. The molecule has 1 saturated heterocycles. The fourth-order valence-electron chi connectivity index (χ4n) is 2.16. The summed E-state index contributed by atoms with van der Waals surface area (Å²) in [5, 5.41) is 0.898. The van der Waals surface area contributed by atoms with Gasteiger partial charge in [0.05, 0.1) is 0 Å². The summed E-state index contributed by atoms with van der Waals surface area (Å²) in [6.45, 7) is 4.71. The van der Waals surface area contributed by atoms with Crippen molar-refractivity contribution in [1.82, 2.24) is 0 Å². The minimum Gasteiger partial charge on any atom is -0.371 e. The molecular formula is C13H20ClNS. The normalized spacial score (nSPS) is 16.9. The molecule has 1 aliphatic heterocycles. The summed E-state index contributed by atoms with van der Waals surface area (Å²) in [5.41, 5.74) is 1.39. The third-order valence-electron chi connectivity index (χ3n) is 2.97. The number of benzene rings is 1. The van der Waals surface area contributed by atoms with E-state index in [-0.39, 0.29) is 12.4 Å². The first-order valence-corrected chi connectivity index (χ1v) is 6.86. The van der Waals surface area contributed by atoms with Crippen LogP contribution >= 0.6 is 24.2 Å². The summed E-state index contributed by atoms with van der Waals surface area (Å²) in [6, 6.07) is 10.8. The van der Waals surface area contributed by atoms with Crippen molar-refractivity contribution < 1.29 is 0 Å². The number of hydrogen-bond donors (Lipinski definition) is 0. The van der Waals surface area contributed by atoms with Gasteiger partial charge >= 0.3 is 0 Å². The molecule has 0 radical (unpaired) electrons. The molecule has 0 saturated carbocycles. The molecule has 3 heteroatoms. The maximum absolute atomic E-state index is 2.51. The predicted octanol–water partition coefficient (Wildman–Crippen LogP) is 3.83. The minimum absolute atomic E-state index is 0. The first-order chi connectivity index (χ1) is 7.40. The van der Waals surface area contributed by atoms with Crippen LogP contribution in [0.3, 0.4) is 0 Å². The molecule has 1 nitrogen and oxygen atoms in total. The van der Waals surface area contributed by atoms with Gasteiger partial charge in [-0.2, -0.15) is 11.8 Å². The summed E-state index contributed by atoms with van der Waals surface area (Å²) in [5.74, 6) is 1.26. The minimum atomic E-state index is 0. The summed E-state index contributed by atoms with van der Waals surface area (Å²) < 4.78 is 0. The van der Waals surface area contributed by atoms with E-state index in [9.17, 15) is 0 Å². The van der Waals surface area contributed by atoms with Gasteiger partial charge in [-0.1, -0.05) is 25.1 Å². The predicted molar refractivity (Wildman–Crippen MR) is 77.1 cm³/mol. The molecule has 0 spiro atoms.